The lowest BCUT2D eigenvalue weighted by molar-refractivity contribution is -0.445. The predicted molar refractivity (Wildman–Crippen MR) is 112 cm³/mol. The Hall–Kier alpha value is -2.71. The number of nitrogens with one attached hydrogen (secondary N) is 1. The van der Waals surface area contributed by atoms with Gasteiger partial charge in [-0.2, -0.15) is 70.2 Å². The summed E-state index contributed by atoms with van der Waals surface area (Å²) >= 11 is 3.59. The molecule has 4 nitrogen and oxygen atoms in total. The Morgan fingerprint density at radius 2 is 1.17 bits per heavy atom. The van der Waals surface area contributed by atoms with Gasteiger partial charge in [0.15, 0.2) is 0 Å². The number of hydrogen-bond donors (Lipinski definition) is 1. The minimum absolute atomic E-state index is 0.0818. The normalized spacial score (nSPS) is 14.7. The number of carbonyl (C=O) groups excluding carboxylic acids is 2. The maximum Gasteiger partial charge on any atom is 0.393 e. The summed E-state index contributed by atoms with van der Waals surface area (Å²) in [5.74, 6) is -62.8. The van der Waals surface area contributed by atoms with E-state index in [1.54, 1.807) is 0 Å². The average Bonchev–Trinajstić information content (AvgIpc) is 3.20. The molecule has 0 aliphatic carbocycles. The lowest BCUT2D eigenvalue weighted by Crippen LogP contribution is -2.75. The second-order valence-electron chi connectivity index (χ2n) is 8.00. The van der Waals surface area contributed by atoms with Crippen LogP contribution in [0.15, 0.2) is 24.3 Å². The number of ether oxygens (including phenoxy) is 1. The maximum absolute atomic E-state index is 14.3. The molecule has 0 radical (unpaired) electrons. The lowest BCUT2D eigenvalue weighted by Gasteiger charge is -2.42. The van der Waals surface area contributed by atoms with Crippen molar-refractivity contribution >= 4 is 49.9 Å². The van der Waals surface area contributed by atoms with E-state index in [0.29, 0.717) is 0 Å². The van der Waals surface area contributed by atoms with Crippen LogP contribution in [-0.2, 0) is 9.53 Å². The Morgan fingerprint density at radius 3 is 1.62 bits per heavy atom. The third kappa shape index (κ3) is 4.88. The highest BCUT2D eigenvalue weighted by Crippen LogP contribution is 2.64. The first kappa shape index (κ1) is 35.5. The summed E-state index contributed by atoms with van der Waals surface area (Å²) in [6.07, 6.45) is 0. The number of anilines is 1. The summed E-state index contributed by atoms with van der Waals surface area (Å²) in [5, 5.41) is -7.46. The van der Waals surface area contributed by atoms with Gasteiger partial charge >= 0.3 is 58.7 Å². The van der Waals surface area contributed by atoms with Gasteiger partial charge in [0.25, 0.3) is 0 Å². The summed E-state index contributed by atoms with van der Waals surface area (Å²) in [6, 6.07) is 4.69. The molecule has 1 heterocycles. The fourth-order valence-corrected chi connectivity index (χ4v) is 4.23. The van der Waals surface area contributed by atoms with Gasteiger partial charge in [0.2, 0.25) is 0 Å². The van der Waals surface area contributed by atoms with Gasteiger partial charge in [-0.25, -0.2) is 4.79 Å². The molecule has 1 aromatic heterocycles. The topological polar surface area (TPSA) is 55.4 Å². The molecule has 0 aliphatic rings. The molecule has 0 aliphatic heterocycles. The first-order valence-corrected chi connectivity index (χ1v) is 11.5. The van der Waals surface area contributed by atoms with E-state index in [1.807, 2.05) is 0 Å². The van der Waals surface area contributed by atoms with E-state index < -0.39 is 75.9 Å². The molecule has 1 aromatic carbocycles. The summed E-state index contributed by atoms with van der Waals surface area (Å²) in [7, 11) is 0. The quantitative estimate of drug-likeness (QED) is 0.147. The number of hydrogen-bond acceptors (Lipinski definition) is 4. The smallest absolute Gasteiger partial charge is 0.393 e. The molecule has 238 valence electrons. The van der Waals surface area contributed by atoms with Gasteiger partial charge in [-0.15, -0.1) is 11.3 Å². The first-order valence-electron chi connectivity index (χ1n) is 10.3. The van der Waals surface area contributed by atoms with E-state index in [4.69, 9.17) is 0 Å². The van der Waals surface area contributed by atoms with Crippen molar-refractivity contribution in [2.75, 3.05) is 11.9 Å². The van der Waals surface area contributed by atoms with Gasteiger partial charge in [0, 0.05) is 10.1 Å². The van der Waals surface area contributed by atoms with Crippen LogP contribution in [0.25, 0.3) is 10.1 Å². The second-order valence-corrected chi connectivity index (χ2v) is 9.52. The van der Waals surface area contributed by atoms with Crippen LogP contribution in [0.3, 0.4) is 0 Å². The monoisotopic (exact) mass is 683 g/mol. The minimum Gasteiger partial charge on any atom is -0.462 e. The van der Waals surface area contributed by atoms with Crippen molar-refractivity contribution in [1.82, 2.24) is 0 Å². The van der Waals surface area contributed by atoms with E-state index >= 15 is 0 Å². The number of esters is 1. The van der Waals surface area contributed by atoms with Crippen LogP contribution in [0.2, 0.25) is 0 Å². The van der Waals surface area contributed by atoms with Crippen LogP contribution in [0, 0.1) is 0 Å². The molecule has 2 rings (SSSR count). The molecule has 2 aromatic rings. The van der Waals surface area contributed by atoms with E-state index in [9.17, 15) is 79.8 Å². The zero-order chi connectivity index (χ0) is 33.1. The van der Waals surface area contributed by atoms with Crippen molar-refractivity contribution in [2.24, 2.45) is 0 Å². The molecule has 0 saturated heterocycles. The number of carbonyl (C=O) groups is 2. The fraction of sp³-hybridized carbons (Fsp3) is 0.500. The van der Waals surface area contributed by atoms with Crippen molar-refractivity contribution in [3.05, 3.63) is 29.8 Å². The lowest BCUT2D eigenvalue weighted by atomic mass is 9.89. The van der Waals surface area contributed by atoms with E-state index in [1.165, 1.54) is 19.1 Å². The number of amides is 1. The van der Waals surface area contributed by atoms with Crippen molar-refractivity contribution < 1.29 is 84.6 Å². The van der Waals surface area contributed by atoms with E-state index in [2.05, 4.69) is 16.3 Å². The van der Waals surface area contributed by atoms with Gasteiger partial charge in [-0.1, -0.05) is 18.2 Å². The van der Waals surface area contributed by atoms with Crippen molar-refractivity contribution in [1.29, 1.82) is 0 Å². The van der Waals surface area contributed by atoms with Crippen LogP contribution in [0.5, 0.6) is 0 Å². The number of thiophene rings is 1. The molecule has 0 atom stereocenters. The molecule has 42 heavy (non-hydrogen) atoms. The van der Waals surface area contributed by atoms with Gasteiger partial charge in [0.05, 0.1) is 6.61 Å². The highest BCUT2D eigenvalue weighted by Gasteiger charge is 2.95. The average molecular weight is 684 g/mol. The Bertz CT molecular complexity index is 1350. The first-order chi connectivity index (χ1) is 18.6. The number of halogens is 17. The summed E-state index contributed by atoms with van der Waals surface area (Å²) < 4.78 is 223. The van der Waals surface area contributed by atoms with Crippen LogP contribution >= 0.6 is 22.9 Å². The van der Waals surface area contributed by atoms with E-state index in [0.717, 1.165) is 17.4 Å². The van der Waals surface area contributed by atoms with Crippen molar-refractivity contribution in [3.8, 4) is 0 Å². The maximum atomic E-state index is 14.3. The number of rotatable bonds is 11. The molecule has 0 bridgehead atoms. The molecular formula is C20H10ClF16NO3S. The minimum atomic E-state index is -8.71. The second kappa shape index (κ2) is 10.5. The predicted octanol–water partition coefficient (Wildman–Crippen LogP) is 8.30. The van der Waals surface area contributed by atoms with Crippen LogP contribution in [-0.4, -0.2) is 65.3 Å². The molecule has 22 heteroatoms. The Kier molecular flexibility index (Phi) is 8.85. The molecule has 0 spiro atoms. The van der Waals surface area contributed by atoms with Gasteiger partial charge in [0.1, 0.15) is 10.6 Å². The van der Waals surface area contributed by atoms with Crippen molar-refractivity contribution in [3.63, 3.8) is 0 Å². The Morgan fingerprint density at radius 1 is 0.738 bits per heavy atom. The fourth-order valence-electron chi connectivity index (χ4n) is 3.03. The molecule has 0 fully saturated rings. The molecule has 1 amide bonds. The van der Waals surface area contributed by atoms with E-state index in [-0.39, 0.29) is 21.4 Å². The summed E-state index contributed by atoms with van der Waals surface area (Å²) in [6.45, 7) is 0.796. The summed E-state index contributed by atoms with van der Waals surface area (Å²) in [5.41, 5.74) is -0.864. The van der Waals surface area contributed by atoms with Gasteiger partial charge < -0.3 is 10.1 Å². The number of fused-ring (bicyclic) bond motifs is 1. The Labute approximate surface area is 230 Å². The number of benzene rings is 1. The third-order valence-corrected chi connectivity index (χ3v) is 6.63. The van der Waals surface area contributed by atoms with Crippen molar-refractivity contribution in [2.45, 2.75) is 53.8 Å². The molecule has 0 unspecified atom stereocenters. The number of alkyl halides is 17. The van der Waals surface area contributed by atoms with Crippen LogP contribution in [0.1, 0.15) is 17.3 Å². The highest BCUT2D eigenvalue weighted by atomic mass is 35.5. The molecule has 1 N–H and O–H groups in total. The Balaban J connectivity index is 2.61. The summed E-state index contributed by atoms with van der Waals surface area (Å²) in [4.78, 5) is 24.2. The SMILES string of the molecule is CCOC(=O)c1c(NC(=O)C(F)(F)C(F)(F)C(F)(F)C(F)(F)C(F)(F)C(F)(F)C(F)(F)C(F)(F)Cl)sc2ccccc12. The third-order valence-electron chi connectivity index (χ3n) is 5.31. The highest BCUT2D eigenvalue weighted by molar-refractivity contribution is 7.23. The van der Waals surface area contributed by atoms with Gasteiger partial charge in [-0.3, -0.25) is 4.79 Å². The van der Waals surface area contributed by atoms with Gasteiger partial charge in [-0.05, 0) is 24.6 Å². The zero-order valence-corrected chi connectivity index (χ0v) is 21.1. The molecular weight excluding hydrogens is 674 g/mol. The zero-order valence-electron chi connectivity index (χ0n) is 19.6. The standard InChI is InChI=1S/C20H10ClF16NO3S/c1-2-41-11(39)9-7-5-3-4-6-8(7)42-10(9)38-12(40)13(22,23)14(24,25)15(26,27)16(28,29)17(30,31)18(32,33)19(34,35)20(21,36)37/h3-6H,2H2,1H3,(H,38,40). The van der Waals surface area contributed by atoms with Crippen LogP contribution in [0.4, 0.5) is 75.2 Å². The van der Waals surface area contributed by atoms with Crippen LogP contribution < -0.4 is 5.32 Å². The largest absolute Gasteiger partial charge is 0.462 e. The molecule has 0 saturated carbocycles.